The SMILES string of the molecule is CCSCCCC(CNC(=O)OC(C)(C)C)(C(=O)O)C(C)C. The summed E-state index contributed by atoms with van der Waals surface area (Å²) in [7, 11) is 0. The first-order valence-electron chi connectivity index (χ1n) is 7.83. The second kappa shape index (κ2) is 9.28. The molecule has 0 aliphatic heterocycles. The highest BCUT2D eigenvalue weighted by Crippen LogP contribution is 2.33. The van der Waals surface area contributed by atoms with Gasteiger partial charge in [-0.2, -0.15) is 11.8 Å². The molecule has 0 spiro atoms. The number of carboxylic acids is 1. The summed E-state index contributed by atoms with van der Waals surface area (Å²) in [6.07, 6.45) is 0.795. The Morgan fingerprint density at radius 2 is 1.86 bits per heavy atom. The predicted octanol–water partition coefficient (Wildman–Crippen LogP) is 3.77. The van der Waals surface area contributed by atoms with Crippen LogP contribution in [0.15, 0.2) is 0 Å². The lowest BCUT2D eigenvalue weighted by Crippen LogP contribution is -2.47. The van der Waals surface area contributed by atoms with Crippen LogP contribution in [-0.2, 0) is 9.53 Å². The fraction of sp³-hybridized carbons (Fsp3) is 0.875. The Morgan fingerprint density at radius 1 is 1.27 bits per heavy atom. The highest BCUT2D eigenvalue weighted by atomic mass is 32.2. The molecule has 1 amide bonds. The third-order valence-electron chi connectivity index (χ3n) is 3.59. The minimum atomic E-state index is -0.953. The van der Waals surface area contributed by atoms with E-state index in [2.05, 4.69) is 12.2 Å². The van der Waals surface area contributed by atoms with Gasteiger partial charge in [-0.15, -0.1) is 0 Å². The van der Waals surface area contributed by atoms with Gasteiger partial charge < -0.3 is 15.2 Å². The molecule has 6 heteroatoms. The van der Waals surface area contributed by atoms with Crippen LogP contribution in [-0.4, -0.2) is 40.8 Å². The third kappa shape index (κ3) is 7.38. The maximum atomic E-state index is 11.8. The average Bonchev–Trinajstić information content (AvgIpc) is 2.35. The second-order valence-electron chi connectivity index (χ2n) is 6.77. The fourth-order valence-electron chi connectivity index (χ4n) is 2.19. The van der Waals surface area contributed by atoms with Crippen molar-refractivity contribution in [1.82, 2.24) is 5.32 Å². The number of rotatable bonds is 9. The van der Waals surface area contributed by atoms with Crippen LogP contribution in [0.5, 0.6) is 0 Å². The summed E-state index contributed by atoms with van der Waals surface area (Å²) in [6, 6.07) is 0. The molecule has 0 aromatic carbocycles. The zero-order valence-electron chi connectivity index (χ0n) is 14.7. The molecule has 22 heavy (non-hydrogen) atoms. The van der Waals surface area contributed by atoms with Gasteiger partial charge >= 0.3 is 12.1 Å². The van der Waals surface area contributed by atoms with Crippen molar-refractivity contribution in [3.05, 3.63) is 0 Å². The van der Waals surface area contributed by atoms with E-state index in [1.54, 1.807) is 32.5 Å². The molecule has 5 nitrogen and oxygen atoms in total. The highest BCUT2D eigenvalue weighted by molar-refractivity contribution is 7.99. The Kier molecular flexibility index (Phi) is 8.89. The van der Waals surface area contributed by atoms with Crippen molar-refractivity contribution in [2.45, 2.75) is 60.0 Å². The molecule has 1 atom stereocenters. The minimum Gasteiger partial charge on any atom is -0.481 e. The van der Waals surface area contributed by atoms with Crippen LogP contribution >= 0.6 is 11.8 Å². The second-order valence-corrected chi connectivity index (χ2v) is 8.17. The van der Waals surface area contributed by atoms with Crippen LogP contribution in [0.25, 0.3) is 0 Å². The van der Waals surface area contributed by atoms with Crippen molar-refractivity contribution < 1.29 is 19.4 Å². The molecule has 0 saturated heterocycles. The molecule has 0 bridgehead atoms. The maximum absolute atomic E-state index is 11.8. The van der Waals surface area contributed by atoms with Crippen molar-refractivity contribution in [3.63, 3.8) is 0 Å². The number of ether oxygens (including phenoxy) is 1. The van der Waals surface area contributed by atoms with E-state index in [1.807, 2.05) is 13.8 Å². The molecular formula is C16H31NO4S. The number of hydrogen-bond donors (Lipinski definition) is 2. The third-order valence-corrected chi connectivity index (χ3v) is 4.58. The first-order valence-corrected chi connectivity index (χ1v) is 8.98. The first kappa shape index (κ1) is 21.1. The summed E-state index contributed by atoms with van der Waals surface area (Å²) in [6.45, 7) is 11.3. The number of amides is 1. The molecule has 0 rings (SSSR count). The zero-order chi connectivity index (χ0) is 17.4. The summed E-state index contributed by atoms with van der Waals surface area (Å²) in [5.41, 5.74) is -1.54. The smallest absolute Gasteiger partial charge is 0.407 e. The number of aliphatic carboxylic acids is 1. The number of hydrogen-bond acceptors (Lipinski definition) is 4. The molecule has 0 aromatic rings. The van der Waals surface area contributed by atoms with E-state index in [4.69, 9.17) is 4.74 Å². The molecule has 0 aromatic heterocycles. The van der Waals surface area contributed by atoms with Crippen LogP contribution in [0.4, 0.5) is 4.79 Å². The number of nitrogens with one attached hydrogen (secondary N) is 1. The Labute approximate surface area is 138 Å². The quantitative estimate of drug-likeness (QED) is 0.628. The monoisotopic (exact) mass is 333 g/mol. The van der Waals surface area contributed by atoms with Gasteiger partial charge in [0.25, 0.3) is 0 Å². The summed E-state index contributed by atoms with van der Waals surface area (Å²) in [5.74, 6) is 1.02. The molecule has 0 heterocycles. The van der Waals surface area contributed by atoms with Crippen molar-refractivity contribution in [2.24, 2.45) is 11.3 Å². The van der Waals surface area contributed by atoms with Gasteiger partial charge in [-0.05, 0) is 51.0 Å². The Hall–Kier alpha value is -0.910. The van der Waals surface area contributed by atoms with Gasteiger partial charge in [0.1, 0.15) is 5.60 Å². The summed E-state index contributed by atoms with van der Waals surface area (Å²) in [5, 5.41) is 12.3. The van der Waals surface area contributed by atoms with Gasteiger partial charge in [0.05, 0.1) is 5.41 Å². The van der Waals surface area contributed by atoms with Crippen molar-refractivity contribution in [1.29, 1.82) is 0 Å². The van der Waals surface area contributed by atoms with E-state index in [0.29, 0.717) is 6.42 Å². The standard InChI is InChI=1S/C16H31NO4S/c1-7-22-10-8-9-16(12(2)3,13(18)19)11-17-14(20)21-15(4,5)6/h12H,7-11H2,1-6H3,(H,17,20)(H,18,19). The summed E-state index contributed by atoms with van der Waals surface area (Å²) >= 11 is 1.80. The van der Waals surface area contributed by atoms with E-state index >= 15 is 0 Å². The maximum Gasteiger partial charge on any atom is 0.407 e. The number of alkyl carbamates (subject to hydrolysis) is 1. The lowest BCUT2D eigenvalue weighted by molar-refractivity contribution is -0.152. The molecule has 0 fully saturated rings. The van der Waals surface area contributed by atoms with Crippen LogP contribution < -0.4 is 5.32 Å². The lowest BCUT2D eigenvalue weighted by atomic mass is 9.73. The lowest BCUT2D eigenvalue weighted by Gasteiger charge is -2.34. The molecular weight excluding hydrogens is 302 g/mol. The van der Waals surface area contributed by atoms with E-state index < -0.39 is 23.1 Å². The molecule has 0 aliphatic rings. The van der Waals surface area contributed by atoms with E-state index in [9.17, 15) is 14.7 Å². The Bertz CT molecular complexity index is 366. The first-order chi connectivity index (χ1) is 10.0. The molecule has 0 aliphatic carbocycles. The van der Waals surface area contributed by atoms with Crippen molar-refractivity contribution in [2.75, 3.05) is 18.1 Å². The average molecular weight is 333 g/mol. The van der Waals surface area contributed by atoms with E-state index in [0.717, 1.165) is 17.9 Å². The fourth-order valence-corrected chi connectivity index (χ4v) is 2.83. The van der Waals surface area contributed by atoms with E-state index in [1.165, 1.54) is 0 Å². The normalized spacial score (nSPS) is 14.5. The zero-order valence-corrected chi connectivity index (χ0v) is 15.5. The number of thioether (sulfide) groups is 1. The van der Waals surface area contributed by atoms with Gasteiger partial charge in [-0.25, -0.2) is 4.79 Å². The topological polar surface area (TPSA) is 75.6 Å². The van der Waals surface area contributed by atoms with Crippen molar-refractivity contribution >= 4 is 23.8 Å². The van der Waals surface area contributed by atoms with Crippen molar-refractivity contribution in [3.8, 4) is 0 Å². The van der Waals surface area contributed by atoms with Crippen LogP contribution in [0.1, 0.15) is 54.4 Å². The Balaban J connectivity index is 4.78. The molecule has 2 N–H and O–H groups in total. The molecule has 1 unspecified atom stereocenters. The number of carbonyl (C=O) groups is 2. The van der Waals surface area contributed by atoms with E-state index in [-0.39, 0.29) is 12.5 Å². The number of carbonyl (C=O) groups excluding carboxylic acids is 1. The molecule has 0 radical (unpaired) electrons. The van der Waals surface area contributed by atoms with Gasteiger partial charge in [-0.1, -0.05) is 20.8 Å². The predicted molar refractivity (Wildman–Crippen MR) is 91.4 cm³/mol. The van der Waals surface area contributed by atoms with Crippen LogP contribution in [0, 0.1) is 11.3 Å². The van der Waals surface area contributed by atoms with Gasteiger partial charge in [-0.3, -0.25) is 4.79 Å². The van der Waals surface area contributed by atoms with Gasteiger partial charge in [0.15, 0.2) is 0 Å². The Morgan fingerprint density at radius 3 is 2.27 bits per heavy atom. The molecule has 0 saturated carbocycles. The summed E-state index contributed by atoms with van der Waals surface area (Å²) < 4.78 is 5.19. The number of carboxylic acid groups (broad SMARTS) is 1. The highest BCUT2D eigenvalue weighted by Gasteiger charge is 2.41. The van der Waals surface area contributed by atoms with Crippen LogP contribution in [0.2, 0.25) is 0 Å². The van der Waals surface area contributed by atoms with Gasteiger partial charge in [0, 0.05) is 6.54 Å². The molecule has 130 valence electrons. The minimum absolute atomic E-state index is 0.0773. The summed E-state index contributed by atoms with van der Waals surface area (Å²) in [4.78, 5) is 23.6. The van der Waals surface area contributed by atoms with Crippen LogP contribution in [0.3, 0.4) is 0 Å². The largest absolute Gasteiger partial charge is 0.481 e. The van der Waals surface area contributed by atoms with Gasteiger partial charge in [0.2, 0.25) is 0 Å².